The van der Waals surface area contributed by atoms with Crippen LogP contribution in [0.1, 0.15) is 35.6 Å². The number of anilines is 1. The number of hydrogen-bond acceptors (Lipinski definition) is 4. The molecule has 32 heavy (non-hydrogen) atoms. The molecular formula is C25H29N3O4. The largest absolute Gasteiger partial charge is 0.476 e. The number of hydrogen-bond donors (Lipinski definition) is 1. The van der Waals surface area contributed by atoms with Gasteiger partial charge in [-0.25, -0.2) is 4.79 Å². The number of aryl methyl sites for hydroxylation is 2. The first-order valence-corrected chi connectivity index (χ1v) is 11.4. The summed E-state index contributed by atoms with van der Waals surface area (Å²) in [5, 5.41) is 3.24. The van der Waals surface area contributed by atoms with Gasteiger partial charge in [-0.2, -0.15) is 0 Å². The Hall–Kier alpha value is -3.06. The number of nitrogens with one attached hydrogen (secondary N) is 1. The molecule has 0 bridgehead atoms. The van der Waals surface area contributed by atoms with E-state index < -0.39 is 6.10 Å². The third kappa shape index (κ3) is 4.05. The highest BCUT2D eigenvalue weighted by Crippen LogP contribution is 2.35. The van der Waals surface area contributed by atoms with Crippen LogP contribution in [-0.4, -0.2) is 55.8 Å². The standard InChI is InChI=1S/C25H29N3O4/c1-17-9-10-18-5-4-6-20(19(18)15-17)26-25(30)28-16-23(24(29)27-11-13-31-14-12-27)32-22-8-3-2-7-21(22)28/h2-3,7-10,15,20,23H,4-6,11-14,16H2,1H3,(H,26,30)/t20-,23?/m1/s1. The molecule has 2 aromatic carbocycles. The molecule has 0 spiro atoms. The molecular weight excluding hydrogens is 406 g/mol. The van der Waals surface area contributed by atoms with Crippen LogP contribution in [0.2, 0.25) is 0 Å². The van der Waals surface area contributed by atoms with E-state index in [0.29, 0.717) is 37.7 Å². The van der Waals surface area contributed by atoms with Crippen molar-refractivity contribution in [3.63, 3.8) is 0 Å². The van der Waals surface area contributed by atoms with Crippen LogP contribution in [0, 0.1) is 6.92 Å². The molecule has 2 aromatic rings. The monoisotopic (exact) mass is 435 g/mol. The third-order valence-corrected chi connectivity index (χ3v) is 6.53. The fourth-order valence-corrected chi connectivity index (χ4v) is 4.84. The van der Waals surface area contributed by atoms with Crippen molar-refractivity contribution < 1.29 is 19.1 Å². The molecule has 3 amide bonds. The van der Waals surface area contributed by atoms with E-state index in [1.54, 1.807) is 9.80 Å². The summed E-state index contributed by atoms with van der Waals surface area (Å²) in [5.41, 5.74) is 4.39. The Morgan fingerprint density at radius 3 is 2.75 bits per heavy atom. The van der Waals surface area contributed by atoms with E-state index in [0.717, 1.165) is 19.3 Å². The number of nitrogens with zero attached hydrogens (tertiary/aromatic N) is 2. The van der Waals surface area contributed by atoms with Crippen LogP contribution in [0.3, 0.4) is 0 Å². The molecule has 7 heteroatoms. The van der Waals surface area contributed by atoms with Crippen molar-refractivity contribution in [2.24, 2.45) is 0 Å². The normalized spacial score (nSPS) is 22.4. The van der Waals surface area contributed by atoms with Crippen LogP contribution in [0.15, 0.2) is 42.5 Å². The van der Waals surface area contributed by atoms with Gasteiger partial charge in [-0.05, 0) is 49.4 Å². The summed E-state index contributed by atoms with van der Waals surface area (Å²) >= 11 is 0. The molecule has 1 aliphatic carbocycles. The zero-order valence-corrected chi connectivity index (χ0v) is 18.4. The van der Waals surface area contributed by atoms with Crippen molar-refractivity contribution in [2.45, 2.75) is 38.3 Å². The number of rotatable bonds is 2. The molecule has 2 aliphatic heterocycles. The smallest absolute Gasteiger partial charge is 0.322 e. The van der Waals surface area contributed by atoms with Gasteiger partial charge in [0, 0.05) is 13.1 Å². The summed E-state index contributed by atoms with van der Waals surface area (Å²) in [7, 11) is 0. The number of urea groups is 1. The van der Waals surface area contributed by atoms with Crippen molar-refractivity contribution in [1.29, 1.82) is 0 Å². The summed E-state index contributed by atoms with van der Waals surface area (Å²) < 4.78 is 11.4. The first-order chi connectivity index (χ1) is 15.6. The van der Waals surface area contributed by atoms with E-state index in [2.05, 4.69) is 30.4 Å². The molecule has 0 aromatic heterocycles. The highest BCUT2D eigenvalue weighted by atomic mass is 16.5. The number of benzene rings is 2. The van der Waals surface area contributed by atoms with Crippen LogP contribution < -0.4 is 15.0 Å². The molecule has 5 rings (SSSR count). The Balaban J connectivity index is 1.38. The Bertz CT molecular complexity index is 1020. The zero-order chi connectivity index (χ0) is 22.1. The number of ether oxygens (including phenoxy) is 2. The SMILES string of the molecule is Cc1ccc2c(c1)[C@H](NC(=O)N1CC(C(=O)N3CCOCC3)Oc3ccccc31)CCC2. The topological polar surface area (TPSA) is 71.1 Å². The molecule has 2 heterocycles. The quantitative estimate of drug-likeness (QED) is 0.786. The van der Waals surface area contributed by atoms with Crippen molar-refractivity contribution in [1.82, 2.24) is 10.2 Å². The fraction of sp³-hybridized carbons (Fsp3) is 0.440. The number of carbonyl (C=O) groups excluding carboxylic acids is 2. The number of morpholine rings is 1. The molecule has 3 aliphatic rings. The molecule has 2 atom stereocenters. The van der Waals surface area contributed by atoms with Gasteiger partial charge >= 0.3 is 6.03 Å². The molecule has 7 nitrogen and oxygen atoms in total. The van der Waals surface area contributed by atoms with Gasteiger partial charge in [0.25, 0.3) is 5.91 Å². The number of carbonyl (C=O) groups is 2. The molecule has 1 saturated heterocycles. The van der Waals surface area contributed by atoms with Crippen LogP contribution in [-0.2, 0) is 16.0 Å². The van der Waals surface area contributed by atoms with Gasteiger partial charge in [-0.1, -0.05) is 35.9 Å². The summed E-state index contributed by atoms with van der Waals surface area (Å²) in [6.07, 6.45) is 2.26. The van der Waals surface area contributed by atoms with Crippen LogP contribution in [0.5, 0.6) is 5.75 Å². The second kappa shape index (κ2) is 8.82. The summed E-state index contributed by atoms with van der Waals surface area (Å²) in [5.74, 6) is 0.458. The predicted molar refractivity (Wildman–Crippen MR) is 121 cm³/mol. The van der Waals surface area contributed by atoms with Gasteiger partial charge in [0.2, 0.25) is 0 Å². The number of fused-ring (bicyclic) bond motifs is 2. The maximum Gasteiger partial charge on any atom is 0.322 e. The molecule has 0 saturated carbocycles. The zero-order valence-electron chi connectivity index (χ0n) is 18.4. The fourth-order valence-electron chi connectivity index (χ4n) is 4.84. The Labute approximate surface area is 188 Å². The lowest BCUT2D eigenvalue weighted by Crippen LogP contribution is -2.55. The van der Waals surface area contributed by atoms with E-state index in [1.807, 2.05) is 24.3 Å². The molecule has 1 unspecified atom stereocenters. The Morgan fingerprint density at radius 2 is 1.91 bits per heavy atom. The van der Waals surface area contributed by atoms with Gasteiger partial charge in [-0.3, -0.25) is 9.69 Å². The summed E-state index contributed by atoms with van der Waals surface area (Å²) in [4.78, 5) is 30.0. The van der Waals surface area contributed by atoms with Gasteiger partial charge in [0.1, 0.15) is 5.75 Å². The van der Waals surface area contributed by atoms with Crippen molar-refractivity contribution >= 4 is 17.6 Å². The lowest BCUT2D eigenvalue weighted by atomic mass is 9.87. The van der Waals surface area contributed by atoms with Gasteiger partial charge in [-0.15, -0.1) is 0 Å². The van der Waals surface area contributed by atoms with Crippen molar-refractivity contribution in [3.05, 3.63) is 59.2 Å². The summed E-state index contributed by atoms with van der Waals surface area (Å²) in [6.45, 7) is 4.41. The van der Waals surface area contributed by atoms with Crippen LogP contribution in [0.25, 0.3) is 0 Å². The van der Waals surface area contributed by atoms with E-state index in [4.69, 9.17) is 9.47 Å². The molecule has 1 N–H and O–H groups in total. The maximum absolute atomic E-state index is 13.5. The molecule has 1 fully saturated rings. The van der Waals surface area contributed by atoms with Crippen molar-refractivity contribution in [2.75, 3.05) is 37.7 Å². The minimum Gasteiger partial charge on any atom is -0.476 e. The van der Waals surface area contributed by atoms with E-state index >= 15 is 0 Å². The predicted octanol–water partition coefficient (Wildman–Crippen LogP) is 3.21. The van der Waals surface area contributed by atoms with Crippen LogP contribution >= 0.6 is 0 Å². The highest BCUT2D eigenvalue weighted by molar-refractivity contribution is 5.96. The van der Waals surface area contributed by atoms with Gasteiger partial charge in [0.05, 0.1) is 31.5 Å². The minimum absolute atomic E-state index is 0.0328. The van der Waals surface area contributed by atoms with Crippen LogP contribution in [0.4, 0.5) is 10.5 Å². The first-order valence-electron chi connectivity index (χ1n) is 11.4. The van der Waals surface area contributed by atoms with E-state index in [9.17, 15) is 9.59 Å². The van der Waals surface area contributed by atoms with E-state index in [1.165, 1.54) is 16.7 Å². The van der Waals surface area contributed by atoms with Gasteiger partial charge < -0.3 is 19.7 Å². The maximum atomic E-state index is 13.5. The average Bonchev–Trinajstić information content (AvgIpc) is 2.83. The number of para-hydroxylation sites is 2. The van der Waals surface area contributed by atoms with E-state index in [-0.39, 0.29) is 24.5 Å². The lowest BCUT2D eigenvalue weighted by Gasteiger charge is -2.38. The molecule has 168 valence electrons. The minimum atomic E-state index is -0.727. The third-order valence-electron chi connectivity index (χ3n) is 6.53. The lowest BCUT2D eigenvalue weighted by molar-refractivity contribution is -0.142. The second-order valence-electron chi connectivity index (χ2n) is 8.72. The Kier molecular flexibility index (Phi) is 5.74. The highest BCUT2D eigenvalue weighted by Gasteiger charge is 2.37. The summed E-state index contributed by atoms with van der Waals surface area (Å²) in [6, 6.07) is 13.7. The van der Waals surface area contributed by atoms with Crippen molar-refractivity contribution in [3.8, 4) is 5.75 Å². The average molecular weight is 436 g/mol. The van der Waals surface area contributed by atoms with Gasteiger partial charge in [0.15, 0.2) is 6.10 Å². The number of amides is 3. The molecule has 0 radical (unpaired) electrons. The Morgan fingerprint density at radius 1 is 1.09 bits per heavy atom. The first kappa shape index (κ1) is 20.8. The second-order valence-corrected chi connectivity index (χ2v) is 8.72.